The third-order valence-electron chi connectivity index (χ3n) is 6.90. The lowest BCUT2D eigenvalue weighted by Crippen LogP contribution is -2.61. The van der Waals surface area contributed by atoms with E-state index in [-0.39, 0.29) is 29.5 Å². The van der Waals surface area contributed by atoms with Crippen molar-refractivity contribution < 1.29 is 21.9 Å². The van der Waals surface area contributed by atoms with Crippen molar-refractivity contribution in [1.29, 1.82) is 0 Å². The first kappa shape index (κ1) is 25.3. The molecule has 2 heterocycles. The van der Waals surface area contributed by atoms with Crippen LogP contribution in [0.2, 0.25) is 0 Å². The molecule has 2 aliphatic rings. The molecule has 8 nitrogen and oxygen atoms in total. The van der Waals surface area contributed by atoms with E-state index in [1.54, 1.807) is 48.5 Å². The van der Waals surface area contributed by atoms with E-state index >= 15 is 0 Å². The number of aliphatic hydroxyl groups excluding tert-OH is 1. The van der Waals surface area contributed by atoms with Crippen molar-refractivity contribution in [2.45, 2.75) is 42.0 Å². The third kappa shape index (κ3) is 4.80. The number of nitrogens with zero attached hydrogens (tertiary/aromatic N) is 3. The lowest BCUT2D eigenvalue weighted by Gasteiger charge is -2.43. The van der Waals surface area contributed by atoms with Crippen LogP contribution >= 0.6 is 0 Å². The first-order valence-electron chi connectivity index (χ1n) is 11.6. The van der Waals surface area contributed by atoms with Crippen molar-refractivity contribution in [3.63, 3.8) is 0 Å². The maximum atomic E-state index is 13.5. The summed E-state index contributed by atoms with van der Waals surface area (Å²) in [6, 6.07) is 13.4. The highest BCUT2D eigenvalue weighted by atomic mass is 32.2. The number of sulfonamides is 2. The summed E-state index contributed by atoms with van der Waals surface area (Å²) in [5.74, 6) is 0. The van der Waals surface area contributed by atoms with Gasteiger partial charge in [-0.1, -0.05) is 35.4 Å². The third-order valence-corrected chi connectivity index (χ3v) is 10.6. The standard InChI is InChI=1S/C24H33N3O5S2/c1-20-5-9-22(10-6-20)33(29,30)26-15-3-13-25-14-4-16-27(18-24(25,17-26)19-28)34(31,32)23-11-7-21(2)8-12-23/h5-12,28H,3-4,13-19H2,1-2H3. The van der Waals surface area contributed by atoms with Crippen LogP contribution in [0.4, 0.5) is 0 Å². The smallest absolute Gasteiger partial charge is 0.243 e. The molecule has 0 unspecified atom stereocenters. The van der Waals surface area contributed by atoms with Crippen molar-refractivity contribution in [2.24, 2.45) is 0 Å². The van der Waals surface area contributed by atoms with Gasteiger partial charge in [0, 0.05) is 39.3 Å². The zero-order chi connectivity index (χ0) is 24.6. The highest BCUT2D eigenvalue weighted by Crippen LogP contribution is 2.31. The molecule has 1 N–H and O–H groups in total. The van der Waals surface area contributed by atoms with Gasteiger partial charge in [0.2, 0.25) is 20.0 Å². The number of hydrogen-bond donors (Lipinski definition) is 1. The summed E-state index contributed by atoms with van der Waals surface area (Å²) in [4.78, 5) is 2.50. The fraction of sp³-hybridized carbons (Fsp3) is 0.500. The van der Waals surface area contributed by atoms with Crippen LogP contribution < -0.4 is 0 Å². The highest BCUT2D eigenvalue weighted by Gasteiger charge is 2.47. The van der Waals surface area contributed by atoms with E-state index in [0.717, 1.165) is 11.1 Å². The highest BCUT2D eigenvalue weighted by molar-refractivity contribution is 7.89. The predicted octanol–water partition coefficient (Wildman–Crippen LogP) is 1.83. The average molecular weight is 508 g/mol. The second-order valence-electron chi connectivity index (χ2n) is 9.38. The van der Waals surface area contributed by atoms with Crippen LogP contribution in [-0.2, 0) is 20.0 Å². The molecule has 0 bridgehead atoms. The van der Waals surface area contributed by atoms with Crippen molar-refractivity contribution in [2.75, 3.05) is 45.9 Å². The number of aryl methyl sites for hydroxylation is 2. The van der Waals surface area contributed by atoms with Crippen LogP contribution in [0.3, 0.4) is 0 Å². The number of rotatable bonds is 5. The Morgan fingerprint density at radius 3 is 1.44 bits per heavy atom. The van der Waals surface area contributed by atoms with Crippen molar-refractivity contribution in [3.8, 4) is 0 Å². The van der Waals surface area contributed by atoms with Gasteiger partial charge in [0.05, 0.1) is 21.9 Å². The number of benzene rings is 2. The second-order valence-corrected chi connectivity index (χ2v) is 13.3. The normalized spacial score (nSPS) is 20.9. The monoisotopic (exact) mass is 507 g/mol. The van der Waals surface area contributed by atoms with Gasteiger partial charge in [-0.25, -0.2) is 16.8 Å². The molecule has 2 fully saturated rings. The summed E-state index contributed by atoms with van der Waals surface area (Å²) in [6.45, 7) is 5.34. The van der Waals surface area contributed by atoms with E-state index in [9.17, 15) is 21.9 Å². The number of fused-ring (bicyclic) bond motifs is 1. The Bertz CT molecular complexity index is 1120. The molecule has 0 aliphatic carbocycles. The zero-order valence-corrected chi connectivity index (χ0v) is 21.4. The van der Waals surface area contributed by atoms with Gasteiger partial charge in [-0.15, -0.1) is 0 Å². The molecule has 10 heteroatoms. The summed E-state index contributed by atoms with van der Waals surface area (Å²) in [5.41, 5.74) is 0.907. The molecule has 0 atom stereocenters. The molecule has 0 radical (unpaired) electrons. The van der Waals surface area contributed by atoms with E-state index < -0.39 is 25.6 Å². The van der Waals surface area contributed by atoms with Gasteiger partial charge < -0.3 is 5.11 Å². The van der Waals surface area contributed by atoms with Crippen molar-refractivity contribution in [1.82, 2.24) is 13.5 Å². The Morgan fingerprint density at radius 2 is 1.09 bits per heavy atom. The summed E-state index contributed by atoms with van der Waals surface area (Å²) in [5, 5.41) is 10.6. The largest absolute Gasteiger partial charge is 0.394 e. The first-order chi connectivity index (χ1) is 16.1. The van der Waals surface area contributed by atoms with E-state index in [1.807, 2.05) is 13.8 Å². The lowest BCUT2D eigenvalue weighted by atomic mass is 9.98. The Labute approximate surface area is 202 Å². The lowest BCUT2D eigenvalue weighted by molar-refractivity contribution is 0.0303. The van der Waals surface area contributed by atoms with E-state index in [2.05, 4.69) is 4.90 Å². The molecule has 0 aromatic heterocycles. The zero-order valence-electron chi connectivity index (χ0n) is 19.7. The van der Waals surface area contributed by atoms with Crippen LogP contribution in [0.25, 0.3) is 0 Å². The van der Waals surface area contributed by atoms with E-state index in [4.69, 9.17) is 0 Å². The average Bonchev–Trinajstić information content (AvgIpc) is 3.10. The molecule has 186 valence electrons. The Morgan fingerprint density at radius 1 is 0.706 bits per heavy atom. The maximum Gasteiger partial charge on any atom is 0.243 e. The van der Waals surface area contributed by atoms with Gasteiger partial charge in [-0.3, -0.25) is 4.90 Å². The first-order valence-corrected chi connectivity index (χ1v) is 14.5. The molecule has 2 aliphatic heterocycles. The molecular weight excluding hydrogens is 474 g/mol. The van der Waals surface area contributed by atoms with Crippen LogP contribution in [0, 0.1) is 13.8 Å². The Kier molecular flexibility index (Phi) is 7.19. The van der Waals surface area contributed by atoms with Crippen LogP contribution in [0.15, 0.2) is 58.3 Å². The molecule has 2 aromatic rings. The van der Waals surface area contributed by atoms with Gasteiger partial charge in [0.15, 0.2) is 0 Å². The van der Waals surface area contributed by atoms with E-state index in [0.29, 0.717) is 39.0 Å². The van der Waals surface area contributed by atoms with E-state index in [1.165, 1.54) is 8.61 Å². The molecule has 2 saturated heterocycles. The molecule has 4 rings (SSSR count). The number of hydrogen-bond acceptors (Lipinski definition) is 6. The van der Waals surface area contributed by atoms with Gasteiger partial charge in [0.1, 0.15) is 0 Å². The second kappa shape index (κ2) is 9.67. The fourth-order valence-corrected chi connectivity index (χ4v) is 7.97. The molecule has 0 saturated carbocycles. The minimum atomic E-state index is -3.80. The Balaban J connectivity index is 1.68. The van der Waals surface area contributed by atoms with Crippen LogP contribution in [-0.4, -0.2) is 86.9 Å². The maximum absolute atomic E-state index is 13.5. The van der Waals surface area contributed by atoms with Crippen LogP contribution in [0.1, 0.15) is 24.0 Å². The molecule has 2 aromatic carbocycles. The molecular formula is C24H33N3O5S2. The van der Waals surface area contributed by atoms with Crippen molar-refractivity contribution >= 4 is 20.0 Å². The predicted molar refractivity (Wildman–Crippen MR) is 130 cm³/mol. The fourth-order valence-electron chi connectivity index (χ4n) is 4.86. The summed E-state index contributed by atoms with van der Waals surface area (Å²) in [6.07, 6.45) is 1.22. The minimum Gasteiger partial charge on any atom is -0.394 e. The topological polar surface area (TPSA) is 98.2 Å². The number of aliphatic hydroxyl groups is 1. The summed E-state index contributed by atoms with van der Waals surface area (Å²) >= 11 is 0. The quantitative estimate of drug-likeness (QED) is 0.663. The summed E-state index contributed by atoms with van der Waals surface area (Å²) < 4.78 is 56.8. The van der Waals surface area contributed by atoms with Crippen molar-refractivity contribution in [3.05, 3.63) is 59.7 Å². The van der Waals surface area contributed by atoms with Crippen LogP contribution in [0.5, 0.6) is 0 Å². The Hall–Kier alpha value is -1.82. The van der Waals surface area contributed by atoms with Gasteiger partial charge in [0.25, 0.3) is 0 Å². The minimum absolute atomic E-state index is 0.0274. The van der Waals surface area contributed by atoms with Gasteiger partial charge in [-0.2, -0.15) is 8.61 Å². The molecule has 0 amide bonds. The molecule has 0 spiro atoms. The van der Waals surface area contributed by atoms with Gasteiger partial charge >= 0.3 is 0 Å². The molecule has 34 heavy (non-hydrogen) atoms. The van der Waals surface area contributed by atoms with Gasteiger partial charge in [-0.05, 0) is 51.0 Å². The SMILES string of the molecule is Cc1ccc(S(=O)(=O)N2CCCN3CCCN(S(=O)(=O)c4ccc(C)cc4)CC3(CO)C2)cc1. The summed E-state index contributed by atoms with van der Waals surface area (Å²) in [7, 11) is -7.59.